The van der Waals surface area contributed by atoms with Crippen molar-refractivity contribution in [2.24, 2.45) is 0 Å². The lowest BCUT2D eigenvalue weighted by Gasteiger charge is -2.18. The zero-order chi connectivity index (χ0) is 19.7. The zero-order valence-electron chi connectivity index (χ0n) is 14.9. The summed E-state index contributed by atoms with van der Waals surface area (Å²) in [7, 11) is 0. The van der Waals surface area contributed by atoms with Crippen molar-refractivity contribution in [3.63, 3.8) is 0 Å². The number of aromatic nitrogens is 1. The molecule has 0 aliphatic carbocycles. The highest BCUT2D eigenvalue weighted by atomic mass is 16.5. The molecule has 4 rings (SSSR count). The van der Waals surface area contributed by atoms with Gasteiger partial charge in [-0.1, -0.05) is 30.3 Å². The lowest BCUT2D eigenvalue weighted by molar-refractivity contribution is -0.118. The standard InChI is InChI=1S/C20H17N3O5/c1-11-17(23-20(28-11)18(25)12-5-3-2-4-6-12)19(26)21-13-7-8-15-14(9-13)22-16(24)10-27-15/h2-9,18,25H,10H2,1H3,(H,21,26)(H,22,24). The van der Waals surface area contributed by atoms with Crippen molar-refractivity contribution in [3.8, 4) is 5.75 Å². The van der Waals surface area contributed by atoms with Crippen molar-refractivity contribution in [2.75, 3.05) is 17.2 Å². The largest absolute Gasteiger partial charge is 0.482 e. The normalized spacial score (nSPS) is 13.9. The summed E-state index contributed by atoms with van der Waals surface area (Å²) in [6.07, 6.45) is -1.07. The lowest BCUT2D eigenvalue weighted by atomic mass is 10.1. The quantitative estimate of drug-likeness (QED) is 0.642. The maximum absolute atomic E-state index is 12.6. The zero-order valence-corrected chi connectivity index (χ0v) is 14.9. The summed E-state index contributed by atoms with van der Waals surface area (Å²) in [5.41, 5.74) is 1.62. The van der Waals surface area contributed by atoms with E-state index >= 15 is 0 Å². The van der Waals surface area contributed by atoms with E-state index in [9.17, 15) is 14.7 Å². The third-order valence-corrected chi connectivity index (χ3v) is 4.25. The van der Waals surface area contributed by atoms with Crippen molar-refractivity contribution >= 4 is 23.2 Å². The Morgan fingerprint density at radius 1 is 1.25 bits per heavy atom. The Morgan fingerprint density at radius 2 is 2.04 bits per heavy atom. The Kier molecular flexibility index (Phi) is 4.54. The molecule has 28 heavy (non-hydrogen) atoms. The highest BCUT2D eigenvalue weighted by molar-refractivity contribution is 6.04. The second-order valence-electron chi connectivity index (χ2n) is 6.27. The first-order chi connectivity index (χ1) is 13.5. The molecule has 0 saturated heterocycles. The lowest BCUT2D eigenvalue weighted by Crippen LogP contribution is -2.25. The molecule has 1 aliphatic rings. The van der Waals surface area contributed by atoms with Gasteiger partial charge in [0.1, 0.15) is 11.5 Å². The molecule has 0 saturated carbocycles. The van der Waals surface area contributed by atoms with Gasteiger partial charge in [0.2, 0.25) is 5.89 Å². The highest BCUT2D eigenvalue weighted by Gasteiger charge is 2.23. The number of benzene rings is 2. The maximum atomic E-state index is 12.6. The molecule has 8 heteroatoms. The Bertz CT molecular complexity index is 1050. The van der Waals surface area contributed by atoms with Crippen LogP contribution in [0, 0.1) is 6.92 Å². The van der Waals surface area contributed by atoms with Crippen LogP contribution in [-0.2, 0) is 4.79 Å². The monoisotopic (exact) mass is 379 g/mol. The molecule has 1 unspecified atom stereocenters. The van der Waals surface area contributed by atoms with Gasteiger partial charge in [0, 0.05) is 5.69 Å². The molecule has 1 aliphatic heterocycles. The molecule has 3 N–H and O–H groups in total. The van der Waals surface area contributed by atoms with E-state index in [4.69, 9.17) is 9.15 Å². The summed E-state index contributed by atoms with van der Waals surface area (Å²) < 4.78 is 10.8. The van der Waals surface area contributed by atoms with Gasteiger partial charge in [0.15, 0.2) is 18.4 Å². The van der Waals surface area contributed by atoms with Crippen molar-refractivity contribution in [1.29, 1.82) is 0 Å². The Morgan fingerprint density at radius 3 is 2.82 bits per heavy atom. The number of carbonyl (C=O) groups excluding carboxylic acids is 2. The van der Waals surface area contributed by atoms with Crippen LogP contribution in [0.25, 0.3) is 0 Å². The number of fused-ring (bicyclic) bond motifs is 1. The summed E-state index contributed by atoms with van der Waals surface area (Å²) in [6, 6.07) is 13.8. The Balaban J connectivity index is 1.54. The molecule has 1 atom stereocenters. The predicted molar refractivity (Wildman–Crippen MR) is 100 cm³/mol. The summed E-state index contributed by atoms with van der Waals surface area (Å²) in [4.78, 5) is 28.2. The second-order valence-corrected chi connectivity index (χ2v) is 6.27. The van der Waals surface area contributed by atoms with E-state index in [1.54, 1.807) is 49.4 Å². The molecule has 2 aromatic carbocycles. The number of aliphatic hydroxyl groups is 1. The van der Waals surface area contributed by atoms with E-state index in [-0.39, 0.29) is 29.9 Å². The van der Waals surface area contributed by atoms with Gasteiger partial charge in [0.25, 0.3) is 11.8 Å². The third kappa shape index (κ3) is 3.45. The first-order valence-electron chi connectivity index (χ1n) is 8.59. The molecule has 3 aromatic rings. The van der Waals surface area contributed by atoms with Crippen LogP contribution >= 0.6 is 0 Å². The van der Waals surface area contributed by atoms with Gasteiger partial charge in [-0.05, 0) is 30.7 Å². The van der Waals surface area contributed by atoms with E-state index in [2.05, 4.69) is 15.6 Å². The second kappa shape index (κ2) is 7.16. The number of nitrogens with zero attached hydrogens (tertiary/aromatic N) is 1. The average molecular weight is 379 g/mol. The van der Waals surface area contributed by atoms with Crippen molar-refractivity contribution < 1.29 is 23.8 Å². The van der Waals surface area contributed by atoms with Gasteiger partial charge in [-0.25, -0.2) is 4.98 Å². The van der Waals surface area contributed by atoms with Gasteiger partial charge in [-0.2, -0.15) is 0 Å². The summed E-state index contributed by atoms with van der Waals surface area (Å²) >= 11 is 0. The molecule has 0 fully saturated rings. The average Bonchev–Trinajstić information content (AvgIpc) is 3.09. The van der Waals surface area contributed by atoms with Gasteiger partial charge in [-0.15, -0.1) is 0 Å². The van der Waals surface area contributed by atoms with Crippen molar-refractivity contribution in [3.05, 3.63) is 71.4 Å². The van der Waals surface area contributed by atoms with E-state index in [0.29, 0.717) is 22.7 Å². The fraction of sp³-hybridized carbons (Fsp3) is 0.150. The number of hydrogen-bond acceptors (Lipinski definition) is 6. The van der Waals surface area contributed by atoms with E-state index in [1.807, 2.05) is 6.07 Å². The minimum atomic E-state index is -1.07. The fourth-order valence-corrected chi connectivity index (χ4v) is 2.87. The van der Waals surface area contributed by atoms with Crippen LogP contribution in [-0.4, -0.2) is 28.5 Å². The number of anilines is 2. The van der Waals surface area contributed by atoms with Gasteiger partial charge >= 0.3 is 0 Å². The van der Waals surface area contributed by atoms with E-state index in [1.165, 1.54) is 0 Å². The molecule has 2 heterocycles. The molecule has 1 aromatic heterocycles. The number of ether oxygens (including phenoxy) is 1. The number of rotatable bonds is 4. The first kappa shape index (κ1) is 17.7. The van der Waals surface area contributed by atoms with Crippen LogP contribution in [0.5, 0.6) is 5.75 Å². The molecule has 8 nitrogen and oxygen atoms in total. The summed E-state index contributed by atoms with van der Waals surface area (Å²) in [5, 5.41) is 15.8. The number of aryl methyl sites for hydroxylation is 1. The van der Waals surface area contributed by atoms with Crippen molar-refractivity contribution in [1.82, 2.24) is 4.98 Å². The molecule has 2 amide bonds. The number of aliphatic hydroxyl groups excluding tert-OH is 1. The number of oxazole rings is 1. The number of carbonyl (C=O) groups is 2. The third-order valence-electron chi connectivity index (χ3n) is 4.25. The van der Waals surface area contributed by atoms with Gasteiger partial charge in [0.05, 0.1) is 5.69 Å². The van der Waals surface area contributed by atoms with Crippen LogP contribution < -0.4 is 15.4 Å². The molecular formula is C20H17N3O5. The SMILES string of the molecule is Cc1oc(C(O)c2ccccc2)nc1C(=O)Nc1ccc2c(c1)NC(=O)CO2. The smallest absolute Gasteiger partial charge is 0.277 e. The van der Waals surface area contributed by atoms with Crippen molar-refractivity contribution in [2.45, 2.75) is 13.0 Å². The fourth-order valence-electron chi connectivity index (χ4n) is 2.87. The van der Waals surface area contributed by atoms with E-state index in [0.717, 1.165) is 0 Å². The van der Waals surface area contributed by atoms with Gasteiger partial charge < -0.3 is 24.9 Å². The highest BCUT2D eigenvalue weighted by Crippen LogP contribution is 2.31. The van der Waals surface area contributed by atoms with Gasteiger partial charge in [-0.3, -0.25) is 9.59 Å². The first-order valence-corrected chi connectivity index (χ1v) is 8.59. The molecule has 0 radical (unpaired) electrons. The Labute approximate surface area is 160 Å². The number of amides is 2. The minimum Gasteiger partial charge on any atom is -0.482 e. The van der Waals surface area contributed by atoms with Crippen LogP contribution in [0.15, 0.2) is 52.9 Å². The summed E-state index contributed by atoms with van der Waals surface area (Å²) in [5.74, 6) is 0.110. The molecule has 0 spiro atoms. The maximum Gasteiger partial charge on any atom is 0.277 e. The topological polar surface area (TPSA) is 114 Å². The number of hydrogen-bond donors (Lipinski definition) is 3. The predicted octanol–water partition coefficient (Wildman–Crippen LogP) is 2.65. The van der Waals surface area contributed by atoms with Crippen LogP contribution in [0.2, 0.25) is 0 Å². The van der Waals surface area contributed by atoms with Crippen LogP contribution in [0.4, 0.5) is 11.4 Å². The van der Waals surface area contributed by atoms with Crippen LogP contribution in [0.3, 0.4) is 0 Å². The Hall–Kier alpha value is -3.65. The minimum absolute atomic E-state index is 0.0383. The van der Waals surface area contributed by atoms with Crippen LogP contribution in [0.1, 0.15) is 33.8 Å². The van der Waals surface area contributed by atoms with E-state index < -0.39 is 12.0 Å². The number of nitrogens with one attached hydrogen (secondary N) is 2. The molecule has 0 bridgehead atoms. The molecular weight excluding hydrogens is 362 g/mol. The molecule has 142 valence electrons. The summed E-state index contributed by atoms with van der Waals surface area (Å²) in [6.45, 7) is 1.56.